The lowest BCUT2D eigenvalue weighted by Gasteiger charge is -2.05. The van der Waals surface area contributed by atoms with E-state index >= 15 is 0 Å². The van der Waals surface area contributed by atoms with Crippen LogP contribution in [-0.2, 0) is 11.3 Å². The van der Waals surface area contributed by atoms with E-state index in [0.29, 0.717) is 34.4 Å². The van der Waals surface area contributed by atoms with Gasteiger partial charge in [-0.15, -0.1) is 12.4 Å². The van der Waals surface area contributed by atoms with Crippen LogP contribution in [0.5, 0.6) is 5.75 Å². The first-order valence-corrected chi connectivity index (χ1v) is 8.05. The number of esters is 1. The third kappa shape index (κ3) is 3.48. The minimum Gasteiger partial charge on any atom is -0.485 e. The Balaban J connectivity index is 0.00000182. The van der Waals surface area contributed by atoms with Gasteiger partial charge < -0.3 is 19.3 Å². The van der Waals surface area contributed by atoms with E-state index < -0.39 is 5.97 Å². The summed E-state index contributed by atoms with van der Waals surface area (Å²) in [5, 5.41) is 7.39. The second kappa shape index (κ2) is 7.01. The fraction of sp³-hybridized carbons (Fsp3) is 0.471. The molecule has 2 fully saturated rings. The molecule has 4 rings (SSSR count). The Hall–Kier alpha value is -2.12. The molecule has 0 radical (unpaired) electrons. The molecule has 8 heteroatoms. The Morgan fingerprint density at radius 2 is 2.36 bits per heavy atom. The first-order chi connectivity index (χ1) is 11.7. The molecule has 2 unspecified atom stereocenters. The van der Waals surface area contributed by atoms with Crippen molar-refractivity contribution in [1.29, 1.82) is 0 Å². The van der Waals surface area contributed by atoms with E-state index in [9.17, 15) is 4.79 Å². The number of nitrogens with one attached hydrogen (secondary N) is 1. The molecule has 134 valence electrons. The number of ether oxygens (including phenoxy) is 2. The van der Waals surface area contributed by atoms with Gasteiger partial charge in [0.25, 0.3) is 0 Å². The average Bonchev–Trinajstić information content (AvgIpc) is 2.95. The lowest BCUT2D eigenvalue weighted by molar-refractivity contribution is 0.0600. The van der Waals surface area contributed by atoms with Crippen molar-refractivity contribution in [3.05, 3.63) is 41.5 Å². The van der Waals surface area contributed by atoms with Gasteiger partial charge in [-0.25, -0.2) is 4.79 Å². The second-order valence-electron chi connectivity index (χ2n) is 6.40. The van der Waals surface area contributed by atoms with Crippen LogP contribution >= 0.6 is 12.4 Å². The van der Waals surface area contributed by atoms with Crippen molar-refractivity contribution in [2.24, 2.45) is 5.41 Å². The first kappa shape index (κ1) is 17.7. The van der Waals surface area contributed by atoms with Crippen LogP contribution in [0.2, 0.25) is 0 Å². The van der Waals surface area contributed by atoms with Gasteiger partial charge in [0.05, 0.1) is 12.7 Å². The largest absolute Gasteiger partial charge is 0.485 e. The lowest BCUT2D eigenvalue weighted by Crippen LogP contribution is -2.10. The van der Waals surface area contributed by atoms with Gasteiger partial charge in [-0.2, -0.15) is 4.98 Å². The summed E-state index contributed by atoms with van der Waals surface area (Å²) in [4.78, 5) is 16.0. The summed E-state index contributed by atoms with van der Waals surface area (Å²) in [6.45, 7) is 2.30. The number of nitrogens with zero attached hydrogens (tertiary/aromatic N) is 2. The summed E-state index contributed by atoms with van der Waals surface area (Å²) in [5.74, 6) is 1.76. The van der Waals surface area contributed by atoms with E-state index in [2.05, 4.69) is 15.5 Å². The van der Waals surface area contributed by atoms with Crippen molar-refractivity contribution >= 4 is 18.4 Å². The van der Waals surface area contributed by atoms with E-state index in [4.69, 9.17) is 14.0 Å². The smallest absolute Gasteiger partial charge is 0.337 e. The molecule has 1 saturated heterocycles. The number of hydrogen-bond acceptors (Lipinski definition) is 7. The first-order valence-electron chi connectivity index (χ1n) is 8.05. The zero-order valence-corrected chi connectivity index (χ0v) is 14.7. The van der Waals surface area contributed by atoms with Crippen LogP contribution < -0.4 is 10.1 Å². The monoisotopic (exact) mass is 365 g/mol. The zero-order chi connectivity index (χ0) is 16.6. The average molecular weight is 366 g/mol. The number of methoxy groups -OCH3 is 1. The van der Waals surface area contributed by atoms with Gasteiger partial charge in [0.1, 0.15) is 5.75 Å². The van der Waals surface area contributed by atoms with Crippen LogP contribution in [0.1, 0.15) is 40.8 Å². The third-order valence-corrected chi connectivity index (χ3v) is 4.87. The van der Waals surface area contributed by atoms with Crippen molar-refractivity contribution in [3.63, 3.8) is 0 Å². The third-order valence-electron chi connectivity index (χ3n) is 4.87. The SMILES string of the molecule is COC(=O)c1cccc(OCc2noc(C3CC34CCNC4)n2)c1.Cl. The Bertz CT molecular complexity index is 758. The van der Waals surface area contributed by atoms with Crippen LogP contribution in [0.25, 0.3) is 0 Å². The lowest BCUT2D eigenvalue weighted by atomic mass is 10.0. The van der Waals surface area contributed by atoms with Crippen LogP contribution in [0.3, 0.4) is 0 Å². The Morgan fingerprint density at radius 1 is 1.48 bits per heavy atom. The highest BCUT2D eigenvalue weighted by molar-refractivity contribution is 5.89. The molecule has 2 aliphatic rings. The van der Waals surface area contributed by atoms with Crippen molar-refractivity contribution in [3.8, 4) is 5.75 Å². The summed E-state index contributed by atoms with van der Waals surface area (Å²) >= 11 is 0. The molecule has 2 atom stereocenters. The molecule has 7 nitrogen and oxygen atoms in total. The normalized spacial score (nSPS) is 24.0. The van der Waals surface area contributed by atoms with Gasteiger partial charge in [-0.3, -0.25) is 0 Å². The summed E-state index contributed by atoms with van der Waals surface area (Å²) in [6, 6.07) is 6.82. The number of hydrogen-bond donors (Lipinski definition) is 1. The second-order valence-corrected chi connectivity index (χ2v) is 6.40. The summed E-state index contributed by atoms with van der Waals surface area (Å²) in [6.07, 6.45) is 2.29. The number of aromatic nitrogens is 2. The number of benzene rings is 1. The molecule has 0 amide bonds. The summed E-state index contributed by atoms with van der Waals surface area (Å²) in [7, 11) is 1.35. The van der Waals surface area contributed by atoms with Crippen LogP contribution in [0.4, 0.5) is 0 Å². The minimum atomic E-state index is -0.397. The Morgan fingerprint density at radius 3 is 3.12 bits per heavy atom. The van der Waals surface area contributed by atoms with Crippen molar-refractivity contribution in [1.82, 2.24) is 15.5 Å². The minimum absolute atomic E-state index is 0. The van der Waals surface area contributed by atoms with Gasteiger partial charge in [-0.05, 0) is 43.0 Å². The Labute approximate surface area is 151 Å². The molecule has 1 spiro atoms. The zero-order valence-electron chi connectivity index (χ0n) is 13.9. The molecule has 2 aromatic rings. The van der Waals surface area contributed by atoms with Gasteiger partial charge in [0, 0.05) is 12.5 Å². The molecular weight excluding hydrogens is 346 g/mol. The van der Waals surface area contributed by atoms with Crippen molar-refractivity contribution in [2.75, 3.05) is 20.2 Å². The van der Waals surface area contributed by atoms with E-state index in [1.165, 1.54) is 13.5 Å². The maximum atomic E-state index is 11.5. The molecule has 0 bridgehead atoms. The molecule has 1 saturated carbocycles. The number of carbonyl (C=O) groups excluding carboxylic acids is 1. The highest BCUT2D eigenvalue weighted by Gasteiger charge is 2.58. The van der Waals surface area contributed by atoms with Crippen LogP contribution in [0.15, 0.2) is 28.8 Å². The van der Waals surface area contributed by atoms with Crippen LogP contribution in [0, 0.1) is 5.41 Å². The van der Waals surface area contributed by atoms with Gasteiger partial charge in [0.15, 0.2) is 6.61 Å². The summed E-state index contributed by atoms with van der Waals surface area (Å²) in [5.41, 5.74) is 0.775. The van der Waals surface area contributed by atoms with E-state index in [-0.39, 0.29) is 19.0 Å². The molecule has 1 aromatic heterocycles. The fourth-order valence-corrected chi connectivity index (χ4v) is 3.38. The predicted molar refractivity (Wildman–Crippen MR) is 90.9 cm³/mol. The van der Waals surface area contributed by atoms with E-state index in [1.807, 2.05) is 0 Å². The maximum Gasteiger partial charge on any atom is 0.337 e. The number of carbonyl (C=O) groups is 1. The van der Waals surface area contributed by atoms with Gasteiger partial charge in [0.2, 0.25) is 11.7 Å². The maximum absolute atomic E-state index is 11.5. The molecule has 1 N–H and O–H groups in total. The molecule has 2 heterocycles. The number of halogens is 1. The quantitative estimate of drug-likeness (QED) is 0.813. The molecule has 1 aliphatic heterocycles. The van der Waals surface area contributed by atoms with Crippen molar-refractivity contribution in [2.45, 2.75) is 25.4 Å². The van der Waals surface area contributed by atoms with Crippen LogP contribution in [-0.4, -0.2) is 36.3 Å². The van der Waals surface area contributed by atoms with Gasteiger partial charge in [-0.1, -0.05) is 11.2 Å². The predicted octanol–water partition coefficient (Wildman–Crippen LogP) is 2.32. The highest BCUT2D eigenvalue weighted by atomic mass is 35.5. The standard InChI is InChI=1S/C17H19N3O4.ClH/c1-22-16(21)11-3-2-4-12(7-11)23-9-14-19-15(24-20-14)13-8-17(13)5-6-18-10-17;/h2-4,7,13,18H,5-6,8-10H2,1H3;1H. The molecular formula is C17H20ClN3O4. The summed E-state index contributed by atoms with van der Waals surface area (Å²) < 4.78 is 15.7. The molecule has 1 aliphatic carbocycles. The highest BCUT2D eigenvalue weighted by Crippen LogP contribution is 2.62. The molecule has 25 heavy (non-hydrogen) atoms. The van der Waals surface area contributed by atoms with Gasteiger partial charge >= 0.3 is 5.97 Å². The number of rotatable bonds is 5. The fourth-order valence-electron chi connectivity index (χ4n) is 3.38. The molecule has 1 aromatic carbocycles. The Kier molecular flexibility index (Phi) is 4.96. The van der Waals surface area contributed by atoms with Crippen molar-refractivity contribution < 1.29 is 18.8 Å². The topological polar surface area (TPSA) is 86.5 Å². The van der Waals surface area contributed by atoms with E-state index in [1.54, 1.807) is 24.3 Å². The van der Waals surface area contributed by atoms with E-state index in [0.717, 1.165) is 19.5 Å².